The minimum absolute atomic E-state index is 0.151. The van der Waals surface area contributed by atoms with Crippen LogP contribution in [-0.2, 0) is 14.4 Å². The molecule has 0 aliphatic heterocycles. The van der Waals surface area contributed by atoms with Gasteiger partial charge in [-0.2, -0.15) is 0 Å². The SMILES string of the molecule is CCC1=CC(C(/C=C\CO)=C/CCC(NC(=O)[C@H](CCCN)NC(=O)C(C)N)C(=O)NCC(N)CCCN)=CCC=C1O. The van der Waals surface area contributed by atoms with Crippen LogP contribution in [0.25, 0.3) is 0 Å². The van der Waals surface area contributed by atoms with Gasteiger partial charge in [-0.25, -0.2) is 0 Å². The number of aliphatic hydroxyl groups excluding tert-OH is 2. The summed E-state index contributed by atoms with van der Waals surface area (Å²) in [4.78, 5) is 38.8. The molecule has 12 heteroatoms. The Hall–Kier alpha value is -3.29. The van der Waals surface area contributed by atoms with Crippen LogP contribution < -0.4 is 38.9 Å². The summed E-state index contributed by atoms with van der Waals surface area (Å²) in [6.07, 6.45) is 14.9. The predicted molar refractivity (Wildman–Crippen MR) is 170 cm³/mol. The maximum atomic E-state index is 13.3. The van der Waals surface area contributed by atoms with E-state index in [1.165, 1.54) is 6.92 Å². The maximum absolute atomic E-state index is 13.3. The number of carbonyl (C=O) groups is 3. The largest absolute Gasteiger partial charge is 0.508 e. The van der Waals surface area contributed by atoms with Gasteiger partial charge in [0.1, 0.15) is 17.8 Å². The van der Waals surface area contributed by atoms with Crippen molar-refractivity contribution in [3.05, 3.63) is 58.9 Å². The highest BCUT2D eigenvalue weighted by molar-refractivity contribution is 5.92. The third-order valence-electron chi connectivity index (χ3n) is 6.94. The first-order chi connectivity index (χ1) is 20.6. The van der Waals surface area contributed by atoms with Gasteiger partial charge in [0.25, 0.3) is 0 Å². The summed E-state index contributed by atoms with van der Waals surface area (Å²) in [5.41, 5.74) is 25.5. The molecule has 13 N–H and O–H groups in total. The fourth-order valence-corrected chi connectivity index (χ4v) is 4.37. The lowest BCUT2D eigenvalue weighted by Gasteiger charge is -2.24. The molecule has 0 fully saturated rings. The van der Waals surface area contributed by atoms with Gasteiger partial charge < -0.3 is 49.1 Å². The van der Waals surface area contributed by atoms with E-state index in [4.69, 9.17) is 22.9 Å². The Kier molecular flexibility index (Phi) is 18.8. The number of carbonyl (C=O) groups excluding carboxylic acids is 3. The highest BCUT2D eigenvalue weighted by Gasteiger charge is 2.27. The lowest BCUT2D eigenvalue weighted by molar-refractivity contribution is -0.132. The van der Waals surface area contributed by atoms with Crippen molar-refractivity contribution in [3.63, 3.8) is 0 Å². The molecule has 0 aromatic carbocycles. The number of nitrogens with two attached hydrogens (primary N) is 4. The molecular weight excluding hydrogens is 550 g/mol. The molecule has 0 saturated carbocycles. The number of nitrogens with one attached hydrogen (secondary N) is 3. The van der Waals surface area contributed by atoms with Gasteiger partial charge in [-0.05, 0) is 100 Å². The average Bonchev–Trinajstić information content (AvgIpc) is 3.18. The zero-order valence-electron chi connectivity index (χ0n) is 25.7. The normalized spacial score (nSPS) is 16.7. The first kappa shape index (κ1) is 37.7. The van der Waals surface area contributed by atoms with Gasteiger partial charge >= 0.3 is 0 Å². The highest BCUT2D eigenvalue weighted by Crippen LogP contribution is 2.25. The third-order valence-corrected chi connectivity index (χ3v) is 6.94. The van der Waals surface area contributed by atoms with Crippen molar-refractivity contribution in [2.24, 2.45) is 22.9 Å². The van der Waals surface area contributed by atoms with E-state index < -0.39 is 35.8 Å². The van der Waals surface area contributed by atoms with Gasteiger partial charge in [0.05, 0.1) is 12.6 Å². The van der Waals surface area contributed by atoms with E-state index in [2.05, 4.69) is 16.0 Å². The Labute approximate surface area is 255 Å². The first-order valence-corrected chi connectivity index (χ1v) is 15.2. The second-order valence-electron chi connectivity index (χ2n) is 10.6. The van der Waals surface area contributed by atoms with Crippen molar-refractivity contribution in [1.29, 1.82) is 0 Å². The molecule has 1 aliphatic rings. The summed E-state index contributed by atoms with van der Waals surface area (Å²) in [6, 6.07) is -2.92. The summed E-state index contributed by atoms with van der Waals surface area (Å²) in [5, 5.41) is 28.0. The van der Waals surface area contributed by atoms with Crippen LogP contribution >= 0.6 is 0 Å². The van der Waals surface area contributed by atoms with Gasteiger partial charge in [0.15, 0.2) is 0 Å². The van der Waals surface area contributed by atoms with Crippen molar-refractivity contribution >= 4 is 17.7 Å². The molecule has 0 aromatic heterocycles. The van der Waals surface area contributed by atoms with E-state index >= 15 is 0 Å². The Balaban J connectivity index is 3.21. The molecule has 1 rings (SSSR count). The molecule has 0 heterocycles. The minimum atomic E-state index is -0.920. The molecule has 12 nitrogen and oxygen atoms in total. The first-order valence-electron chi connectivity index (χ1n) is 15.2. The monoisotopic (exact) mass is 603 g/mol. The molecule has 4 atom stereocenters. The van der Waals surface area contributed by atoms with Crippen molar-refractivity contribution in [3.8, 4) is 0 Å². The van der Waals surface area contributed by atoms with Gasteiger partial charge in [0.2, 0.25) is 17.7 Å². The molecule has 0 bridgehead atoms. The summed E-state index contributed by atoms with van der Waals surface area (Å²) in [6.45, 7) is 4.37. The molecule has 1 aliphatic carbocycles. The predicted octanol–water partition coefficient (Wildman–Crippen LogP) is 0.588. The number of hydrogen-bond donors (Lipinski definition) is 9. The average molecular weight is 604 g/mol. The molecule has 0 radical (unpaired) electrons. The molecule has 0 aromatic rings. The summed E-state index contributed by atoms with van der Waals surface area (Å²) in [5.74, 6) is -1.15. The van der Waals surface area contributed by atoms with Crippen LogP contribution in [0.5, 0.6) is 0 Å². The molecule has 242 valence electrons. The Morgan fingerprint density at radius 2 is 1.63 bits per heavy atom. The van der Waals surface area contributed by atoms with Crippen LogP contribution in [0.3, 0.4) is 0 Å². The van der Waals surface area contributed by atoms with Crippen LogP contribution in [0.15, 0.2) is 58.9 Å². The zero-order chi connectivity index (χ0) is 32.2. The van der Waals surface area contributed by atoms with Gasteiger partial charge in [-0.1, -0.05) is 31.2 Å². The van der Waals surface area contributed by atoms with E-state index in [0.717, 1.165) is 23.1 Å². The van der Waals surface area contributed by atoms with Crippen LogP contribution in [0, 0.1) is 0 Å². The number of rotatable bonds is 20. The summed E-state index contributed by atoms with van der Waals surface area (Å²) < 4.78 is 0. The maximum Gasteiger partial charge on any atom is 0.243 e. The highest BCUT2D eigenvalue weighted by atomic mass is 16.3. The number of hydrogen-bond acceptors (Lipinski definition) is 9. The smallest absolute Gasteiger partial charge is 0.243 e. The molecule has 3 unspecified atom stereocenters. The molecular formula is C31H53N7O5. The topological polar surface area (TPSA) is 232 Å². The van der Waals surface area contributed by atoms with Gasteiger partial charge in [-0.15, -0.1) is 0 Å². The Bertz CT molecular complexity index is 1050. The quantitative estimate of drug-likeness (QED) is 0.0885. The van der Waals surface area contributed by atoms with E-state index in [1.807, 2.05) is 25.2 Å². The van der Waals surface area contributed by atoms with Crippen molar-refractivity contribution in [2.45, 2.75) is 89.4 Å². The zero-order valence-corrected chi connectivity index (χ0v) is 25.7. The summed E-state index contributed by atoms with van der Waals surface area (Å²) in [7, 11) is 0. The van der Waals surface area contributed by atoms with Crippen LogP contribution in [0.2, 0.25) is 0 Å². The van der Waals surface area contributed by atoms with Crippen molar-refractivity contribution in [2.75, 3.05) is 26.2 Å². The lowest BCUT2D eigenvalue weighted by Crippen LogP contribution is -2.56. The van der Waals surface area contributed by atoms with E-state index in [0.29, 0.717) is 45.2 Å². The van der Waals surface area contributed by atoms with Gasteiger partial charge in [-0.3, -0.25) is 14.4 Å². The second kappa shape index (κ2) is 21.4. The Morgan fingerprint density at radius 3 is 2.26 bits per heavy atom. The van der Waals surface area contributed by atoms with Gasteiger partial charge in [0, 0.05) is 12.6 Å². The minimum Gasteiger partial charge on any atom is -0.508 e. The van der Waals surface area contributed by atoms with E-state index in [-0.39, 0.29) is 37.8 Å². The number of allylic oxidation sites excluding steroid dienone is 8. The van der Waals surface area contributed by atoms with Crippen LogP contribution in [0.1, 0.15) is 65.2 Å². The number of amides is 3. The lowest BCUT2D eigenvalue weighted by atomic mass is 9.98. The number of aliphatic hydroxyl groups is 2. The fourth-order valence-electron chi connectivity index (χ4n) is 4.37. The van der Waals surface area contributed by atoms with Crippen molar-refractivity contribution < 1.29 is 24.6 Å². The van der Waals surface area contributed by atoms with E-state index in [1.54, 1.807) is 18.2 Å². The van der Waals surface area contributed by atoms with E-state index in [9.17, 15) is 24.6 Å². The van der Waals surface area contributed by atoms with Crippen molar-refractivity contribution in [1.82, 2.24) is 16.0 Å². The summed E-state index contributed by atoms with van der Waals surface area (Å²) >= 11 is 0. The molecule has 0 saturated heterocycles. The molecule has 0 spiro atoms. The fraction of sp³-hybridized carbons (Fsp3) is 0.581. The standard InChI is InChI=1S/C31H53N7O5/c1-3-22-19-24(10-5-15-28(22)40)23(11-8-18-39)9-4-13-26(30(42)36-20-25(35)12-6-16-32)38-31(43)27(14-7-17-33)37-29(41)21(2)34/h8-11,15,19,21,25-27,39-40H,3-7,12-14,16-18,20,32-35H2,1-2H3,(H,36,42)(H,37,41)(H,38,43)/b11-8-,23-9+/t21?,25?,26?,27-/m0/s1. The Morgan fingerprint density at radius 1 is 0.977 bits per heavy atom. The third kappa shape index (κ3) is 14.6. The van der Waals surface area contributed by atoms with Crippen LogP contribution in [-0.4, -0.2) is 78.3 Å². The van der Waals surface area contributed by atoms with Crippen LogP contribution in [0.4, 0.5) is 0 Å². The molecule has 43 heavy (non-hydrogen) atoms. The second-order valence-corrected chi connectivity index (χ2v) is 10.6. The molecule has 3 amide bonds.